The number of nitrogens with one attached hydrogen (secondary N) is 1. The van der Waals surface area contributed by atoms with E-state index >= 15 is 0 Å². The van der Waals surface area contributed by atoms with Crippen molar-refractivity contribution in [3.63, 3.8) is 0 Å². The summed E-state index contributed by atoms with van der Waals surface area (Å²) in [4.78, 5) is 24.5. The van der Waals surface area contributed by atoms with Gasteiger partial charge in [0.2, 0.25) is 0 Å². The van der Waals surface area contributed by atoms with E-state index in [1.54, 1.807) is 23.7 Å². The highest BCUT2D eigenvalue weighted by Gasteiger charge is 2.18. The number of benzene rings is 2. The summed E-state index contributed by atoms with van der Waals surface area (Å²) in [5, 5.41) is 7.50. The van der Waals surface area contributed by atoms with Crippen molar-refractivity contribution in [3.05, 3.63) is 70.0 Å². The summed E-state index contributed by atoms with van der Waals surface area (Å²) in [5.41, 5.74) is 10.0. The number of para-hydroxylation sites is 1. The zero-order chi connectivity index (χ0) is 21.1. The summed E-state index contributed by atoms with van der Waals surface area (Å²) < 4.78 is 6.82. The van der Waals surface area contributed by atoms with Gasteiger partial charge in [0.25, 0.3) is 5.91 Å². The maximum absolute atomic E-state index is 12.3. The number of hydrogen-bond acceptors (Lipinski definition) is 5. The molecule has 0 aliphatic heterocycles. The predicted molar refractivity (Wildman–Crippen MR) is 113 cm³/mol. The number of ether oxygens (including phenoxy) is 1. The van der Waals surface area contributed by atoms with Crippen LogP contribution in [0.5, 0.6) is 0 Å². The van der Waals surface area contributed by atoms with Crippen LogP contribution in [0, 0.1) is 20.8 Å². The molecule has 0 bridgehead atoms. The Bertz CT molecular complexity index is 1070. The van der Waals surface area contributed by atoms with Gasteiger partial charge in [-0.2, -0.15) is 5.10 Å². The van der Waals surface area contributed by atoms with Crippen molar-refractivity contribution in [2.24, 2.45) is 0 Å². The van der Waals surface area contributed by atoms with E-state index in [-0.39, 0.29) is 16.3 Å². The highest BCUT2D eigenvalue weighted by molar-refractivity contribution is 6.33. The Hall–Kier alpha value is -3.32. The molecule has 1 heterocycles. The molecule has 150 valence electrons. The number of nitrogens with zero attached hydrogens (tertiary/aromatic N) is 2. The van der Waals surface area contributed by atoms with Gasteiger partial charge >= 0.3 is 5.97 Å². The summed E-state index contributed by atoms with van der Waals surface area (Å²) in [7, 11) is 0. The molecule has 3 N–H and O–H groups in total. The summed E-state index contributed by atoms with van der Waals surface area (Å²) in [6.07, 6.45) is 0. The van der Waals surface area contributed by atoms with Crippen LogP contribution >= 0.6 is 11.6 Å². The maximum atomic E-state index is 12.3. The first kappa shape index (κ1) is 20.4. The van der Waals surface area contributed by atoms with Gasteiger partial charge in [-0.3, -0.25) is 4.79 Å². The number of hydrogen-bond donors (Lipinski definition) is 2. The lowest BCUT2D eigenvalue weighted by atomic mass is 10.2. The van der Waals surface area contributed by atoms with Gasteiger partial charge in [-0.05, 0) is 45.0 Å². The fourth-order valence-electron chi connectivity index (χ4n) is 2.86. The normalized spacial score (nSPS) is 10.6. The number of anilines is 2. The van der Waals surface area contributed by atoms with Crippen molar-refractivity contribution in [2.75, 3.05) is 17.7 Å². The highest BCUT2D eigenvalue weighted by Crippen LogP contribution is 2.24. The fraction of sp³-hybridized carbons (Fsp3) is 0.190. The zero-order valence-electron chi connectivity index (χ0n) is 16.3. The molecule has 0 atom stereocenters. The van der Waals surface area contributed by atoms with E-state index < -0.39 is 18.5 Å². The summed E-state index contributed by atoms with van der Waals surface area (Å²) >= 11 is 5.90. The summed E-state index contributed by atoms with van der Waals surface area (Å²) in [5.74, 6) is -1.20. The lowest BCUT2D eigenvalue weighted by molar-refractivity contribution is -0.119. The number of carbonyl (C=O) groups is 2. The second kappa shape index (κ2) is 8.36. The molecule has 0 spiro atoms. The van der Waals surface area contributed by atoms with Gasteiger partial charge in [-0.1, -0.05) is 35.4 Å². The van der Waals surface area contributed by atoms with Crippen molar-refractivity contribution in [1.29, 1.82) is 0 Å². The first-order valence-electron chi connectivity index (χ1n) is 8.92. The molecule has 2 aromatic carbocycles. The standard InChI is InChI=1S/C21H21ClN4O3/c1-12-7-9-15(10-8-12)26-14(3)20(13(2)25-26)24-18(27)11-29-21(28)16-5-4-6-17(22)19(16)23/h4-10H,11,23H2,1-3H3,(H,24,27). The Kier molecular flexibility index (Phi) is 5.89. The molecule has 7 nitrogen and oxygen atoms in total. The maximum Gasteiger partial charge on any atom is 0.340 e. The Labute approximate surface area is 173 Å². The third kappa shape index (κ3) is 4.41. The average molecular weight is 413 g/mol. The van der Waals surface area contributed by atoms with Gasteiger partial charge in [-0.15, -0.1) is 0 Å². The van der Waals surface area contributed by atoms with E-state index in [9.17, 15) is 9.59 Å². The topological polar surface area (TPSA) is 99.2 Å². The molecule has 1 aromatic heterocycles. The molecule has 3 aromatic rings. The third-order valence-corrected chi connectivity index (χ3v) is 4.77. The van der Waals surface area contributed by atoms with Crippen molar-refractivity contribution in [1.82, 2.24) is 9.78 Å². The number of nitrogens with two attached hydrogens (primary N) is 1. The number of rotatable bonds is 5. The number of esters is 1. The smallest absolute Gasteiger partial charge is 0.340 e. The fourth-order valence-corrected chi connectivity index (χ4v) is 3.03. The third-order valence-electron chi connectivity index (χ3n) is 4.44. The minimum atomic E-state index is -0.719. The average Bonchev–Trinajstić information content (AvgIpc) is 2.97. The van der Waals surface area contributed by atoms with Crippen LogP contribution in [0.25, 0.3) is 5.69 Å². The van der Waals surface area contributed by atoms with Crippen LogP contribution in [-0.2, 0) is 9.53 Å². The molecule has 0 fully saturated rings. The molecular weight excluding hydrogens is 392 g/mol. The monoisotopic (exact) mass is 412 g/mol. The molecule has 0 aliphatic rings. The Morgan fingerprint density at radius 1 is 1.14 bits per heavy atom. The van der Waals surface area contributed by atoms with Crippen molar-refractivity contribution in [2.45, 2.75) is 20.8 Å². The van der Waals surface area contributed by atoms with E-state index in [0.29, 0.717) is 11.4 Å². The summed E-state index contributed by atoms with van der Waals surface area (Å²) in [6.45, 7) is 5.20. The van der Waals surface area contributed by atoms with Crippen LogP contribution < -0.4 is 11.1 Å². The van der Waals surface area contributed by atoms with Crippen LogP contribution in [0.15, 0.2) is 42.5 Å². The zero-order valence-corrected chi connectivity index (χ0v) is 17.1. The van der Waals surface area contributed by atoms with Crippen molar-refractivity contribution >= 4 is 34.9 Å². The SMILES string of the molecule is Cc1ccc(-n2nc(C)c(NC(=O)COC(=O)c3cccc(Cl)c3N)c2C)cc1. The van der Waals surface area contributed by atoms with Crippen LogP contribution in [0.1, 0.15) is 27.3 Å². The number of carbonyl (C=O) groups excluding carboxylic acids is 2. The van der Waals surface area contributed by atoms with Gasteiger partial charge in [0.1, 0.15) is 0 Å². The van der Waals surface area contributed by atoms with Gasteiger partial charge in [0.05, 0.1) is 39.0 Å². The molecule has 0 saturated carbocycles. The van der Waals surface area contributed by atoms with Gasteiger partial charge in [0, 0.05) is 0 Å². The molecular formula is C21H21ClN4O3. The lowest BCUT2D eigenvalue weighted by Gasteiger charge is -2.09. The van der Waals surface area contributed by atoms with E-state index in [2.05, 4.69) is 10.4 Å². The van der Waals surface area contributed by atoms with Gasteiger partial charge in [-0.25, -0.2) is 9.48 Å². The molecule has 0 saturated heterocycles. The van der Waals surface area contributed by atoms with E-state index in [1.807, 2.05) is 38.1 Å². The molecule has 29 heavy (non-hydrogen) atoms. The largest absolute Gasteiger partial charge is 0.452 e. The van der Waals surface area contributed by atoms with E-state index in [0.717, 1.165) is 16.9 Å². The number of nitrogen functional groups attached to an aromatic ring is 1. The molecule has 1 amide bonds. The van der Waals surface area contributed by atoms with E-state index in [1.165, 1.54) is 6.07 Å². The predicted octanol–water partition coefficient (Wildman–Crippen LogP) is 3.83. The first-order chi connectivity index (χ1) is 13.8. The van der Waals surface area contributed by atoms with Gasteiger partial charge in [0.15, 0.2) is 6.61 Å². The van der Waals surface area contributed by atoms with Crippen molar-refractivity contribution < 1.29 is 14.3 Å². The number of amides is 1. The molecule has 0 unspecified atom stereocenters. The van der Waals surface area contributed by atoms with Crippen LogP contribution in [-0.4, -0.2) is 28.3 Å². The number of aryl methyl sites for hydroxylation is 2. The van der Waals surface area contributed by atoms with Crippen LogP contribution in [0.3, 0.4) is 0 Å². The molecule has 8 heteroatoms. The molecule has 0 aliphatic carbocycles. The Balaban J connectivity index is 1.69. The number of aromatic nitrogens is 2. The van der Waals surface area contributed by atoms with Crippen LogP contribution in [0.4, 0.5) is 11.4 Å². The summed E-state index contributed by atoms with van der Waals surface area (Å²) in [6, 6.07) is 12.5. The van der Waals surface area contributed by atoms with Crippen LogP contribution in [0.2, 0.25) is 5.02 Å². The van der Waals surface area contributed by atoms with Crippen molar-refractivity contribution in [3.8, 4) is 5.69 Å². The Morgan fingerprint density at radius 2 is 1.83 bits per heavy atom. The lowest BCUT2D eigenvalue weighted by Crippen LogP contribution is -2.22. The highest BCUT2D eigenvalue weighted by atomic mass is 35.5. The second-order valence-electron chi connectivity index (χ2n) is 6.62. The molecule has 3 rings (SSSR count). The Morgan fingerprint density at radius 3 is 2.52 bits per heavy atom. The van der Waals surface area contributed by atoms with E-state index in [4.69, 9.17) is 22.1 Å². The quantitative estimate of drug-likeness (QED) is 0.490. The minimum Gasteiger partial charge on any atom is -0.452 e. The second-order valence-corrected chi connectivity index (χ2v) is 7.03. The molecule has 0 radical (unpaired) electrons. The first-order valence-corrected chi connectivity index (χ1v) is 9.30. The number of halogens is 1. The minimum absolute atomic E-state index is 0.116. The van der Waals surface area contributed by atoms with Gasteiger partial charge < -0.3 is 15.8 Å².